The van der Waals surface area contributed by atoms with Gasteiger partial charge in [0.1, 0.15) is 0 Å². The van der Waals surface area contributed by atoms with Gasteiger partial charge < -0.3 is 9.84 Å². The summed E-state index contributed by atoms with van der Waals surface area (Å²) in [6.45, 7) is 0. The minimum Gasteiger partial charge on any atom is -0.478 e. The number of hydrogen-bond acceptors (Lipinski definition) is 3. The van der Waals surface area contributed by atoms with Crippen molar-refractivity contribution in [3.8, 4) is 11.1 Å². The van der Waals surface area contributed by atoms with Gasteiger partial charge in [0.25, 0.3) is 0 Å². The number of methoxy groups -OCH3 is 1. The van der Waals surface area contributed by atoms with Crippen molar-refractivity contribution in [2.75, 3.05) is 12.0 Å². The van der Waals surface area contributed by atoms with Crippen LogP contribution in [0.4, 0.5) is 10.5 Å². The van der Waals surface area contributed by atoms with Crippen molar-refractivity contribution in [3.05, 3.63) is 95.6 Å². The molecular weight excluding hydrogens is 366 g/mol. The molecule has 4 rings (SSSR count). The number of aliphatic carboxylic acids is 1. The van der Waals surface area contributed by atoms with Crippen LogP contribution in [0.5, 0.6) is 0 Å². The number of carbonyl (C=O) groups excluding carboxylic acids is 1. The van der Waals surface area contributed by atoms with Gasteiger partial charge in [0, 0.05) is 11.8 Å². The SMILES string of the molecule is COC(=O)N(c1ccc(/C=C/C(=O)O)cc1)C1c2ccccc2-c2ccccc21. The molecule has 144 valence electrons. The second kappa shape index (κ2) is 7.64. The molecule has 5 heteroatoms. The van der Waals surface area contributed by atoms with E-state index in [4.69, 9.17) is 9.84 Å². The van der Waals surface area contributed by atoms with E-state index in [1.165, 1.54) is 13.2 Å². The van der Waals surface area contributed by atoms with E-state index in [-0.39, 0.29) is 6.04 Å². The monoisotopic (exact) mass is 385 g/mol. The van der Waals surface area contributed by atoms with Crippen molar-refractivity contribution in [2.45, 2.75) is 6.04 Å². The van der Waals surface area contributed by atoms with Crippen molar-refractivity contribution in [1.82, 2.24) is 0 Å². The molecule has 0 unspecified atom stereocenters. The third-order valence-electron chi connectivity index (χ3n) is 5.02. The smallest absolute Gasteiger partial charge is 0.414 e. The minimum absolute atomic E-state index is 0.310. The molecule has 1 amide bonds. The number of nitrogens with zero attached hydrogens (tertiary/aromatic N) is 1. The highest BCUT2D eigenvalue weighted by Crippen LogP contribution is 2.47. The number of carbonyl (C=O) groups is 2. The van der Waals surface area contributed by atoms with E-state index in [0.717, 1.165) is 33.9 Å². The Bertz CT molecular complexity index is 1060. The van der Waals surface area contributed by atoms with Crippen LogP contribution in [0, 0.1) is 0 Å². The molecule has 5 nitrogen and oxygen atoms in total. The summed E-state index contributed by atoms with van der Waals surface area (Å²) in [7, 11) is 1.37. The van der Waals surface area contributed by atoms with Crippen molar-refractivity contribution in [2.24, 2.45) is 0 Å². The Balaban J connectivity index is 1.81. The summed E-state index contributed by atoms with van der Waals surface area (Å²) < 4.78 is 5.11. The number of amides is 1. The normalized spacial score (nSPS) is 12.4. The molecule has 0 fully saturated rings. The molecule has 0 heterocycles. The van der Waals surface area contributed by atoms with Gasteiger partial charge in [0.05, 0.1) is 13.2 Å². The van der Waals surface area contributed by atoms with Crippen molar-refractivity contribution < 1.29 is 19.4 Å². The fourth-order valence-electron chi connectivity index (χ4n) is 3.78. The van der Waals surface area contributed by atoms with Gasteiger partial charge in [0.15, 0.2) is 0 Å². The summed E-state index contributed by atoms with van der Waals surface area (Å²) in [5.74, 6) is -1.01. The maximum atomic E-state index is 12.8. The lowest BCUT2D eigenvalue weighted by molar-refractivity contribution is -0.131. The van der Waals surface area contributed by atoms with Gasteiger partial charge in [-0.1, -0.05) is 60.7 Å². The number of carboxylic acids is 1. The average Bonchev–Trinajstić information content (AvgIpc) is 3.08. The molecule has 0 bridgehead atoms. The van der Waals surface area contributed by atoms with Crippen molar-refractivity contribution >= 4 is 23.8 Å². The van der Waals surface area contributed by atoms with Crippen LogP contribution in [0.15, 0.2) is 78.9 Å². The predicted molar refractivity (Wildman–Crippen MR) is 112 cm³/mol. The first-order valence-electron chi connectivity index (χ1n) is 9.16. The van der Waals surface area contributed by atoms with E-state index in [2.05, 4.69) is 12.1 Å². The maximum absolute atomic E-state index is 12.8. The first-order valence-corrected chi connectivity index (χ1v) is 9.16. The zero-order valence-corrected chi connectivity index (χ0v) is 15.8. The van der Waals surface area contributed by atoms with Gasteiger partial charge in [0.2, 0.25) is 0 Å². The van der Waals surface area contributed by atoms with Crippen molar-refractivity contribution in [3.63, 3.8) is 0 Å². The molecule has 3 aromatic carbocycles. The molecule has 0 saturated heterocycles. The number of anilines is 1. The molecule has 0 saturated carbocycles. The summed E-state index contributed by atoms with van der Waals surface area (Å²) in [6, 6.07) is 22.9. The highest BCUT2D eigenvalue weighted by atomic mass is 16.5. The van der Waals surface area contributed by atoms with Crippen LogP contribution in [0.25, 0.3) is 17.2 Å². The lowest BCUT2D eigenvalue weighted by Crippen LogP contribution is -2.34. The molecule has 0 spiro atoms. The number of ether oxygens (including phenoxy) is 1. The Morgan fingerprint density at radius 3 is 1.97 bits per heavy atom. The van der Waals surface area contributed by atoms with Crippen LogP contribution in [0.3, 0.4) is 0 Å². The van der Waals surface area contributed by atoms with E-state index in [1.807, 2.05) is 36.4 Å². The van der Waals surface area contributed by atoms with Crippen LogP contribution in [0.2, 0.25) is 0 Å². The molecule has 1 aliphatic rings. The largest absolute Gasteiger partial charge is 0.478 e. The summed E-state index contributed by atoms with van der Waals surface area (Å²) in [5.41, 5.74) is 5.67. The second-order valence-electron chi connectivity index (χ2n) is 6.68. The lowest BCUT2D eigenvalue weighted by atomic mass is 10.0. The standard InChI is InChI=1S/C24H19NO4/c1-29-24(28)25(17-13-10-16(11-14-17)12-15-22(26)27)23-20-8-4-2-6-18(20)19-7-3-5-9-21(19)23/h2-15,23H,1H3,(H,26,27)/b15-12+. The number of hydrogen-bond donors (Lipinski definition) is 1. The molecule has 0 aliphatic heterocycles. The molecule has 3 aromatic rings. The average molecular weight is 385 g/mol. The van der Waals surface area contributed by atoms with Gasteiger partial charge >= 0.3 is 12.1 Å². The zero-order valence-electron chi connectivity index (χ0n) is 15.8. The maximum Gasteiger partial charge on any atom is 0.414 e. The number of benzene rings is 3. The lowest BCUT2D eigenvalue weighted by Gasteiger charge is -2.29. The highest BCUT2D eigenvalue weighted by molar-refractivity contribution is 5.93. The molecular formula is C24H19NO4. The van der Waals surface area contributed by atoms with E-state index in [1.54, 1.807) is 29.2 Å². The summed E-state index contributed by atoms with van der Waals surface area (Å²) in [6.07, 6.45) is 2.13. The van der Waals surface area contributed by atoms with E-state index in [9.17, 15) is 9.59 Å². The quantitative estimate of drug-likeness (QED) is 0.633. The predicted octanol–water partition coefficient (Wildman–Crippen LogP) is 5.13. The second-order valence-corrected chi connectivity index (χ2v) is 6.68. The molecule has 0 radical (unpaired) electrons. The molecule has 1 N–H and O–H groups in total. The number of fused-ring (bicyclic) bond motifs is 3. The van der Waals surface area contributed by atoms with Crippen molar-refractivity contribution in [1.29, 1.82) is 0 Å². The van der Waals surface area contributed by atoms with Crippen LogP contribution in [-0.4, -0.2) is 24.3 Å². The molecule has 1 aliphatic carbocycles. The Labute approximate surface area is 168 Å². The summed E-state index contributed by atoms with van der Waals surface area (Å²) in [4.78, 5) is 25.2. The first kappa shape index (κ1) is 18.5. The Morgan fingerprint density at radius 1 is 0.897 bits per heavy atom. The number of carboxylic acid groups (broad SMARTS) is 1. The first-order chi connectivity index (χ1) is 14.1. The summed E-state index contributed by atoms with van der Waals surface area (Å²) in [5, 5.41) is 8.80. The molecule has 29 heavy (non-hydrogen) atoms. The van der Waals surface area contributed by atoms with E-state index >= 15 is 0 Å². The van der Waals surface area contributed by atoms with Gasteiger partial charge in [-0.25, -0.2) is 9.59 Å². The van der Waals surface area contributed by atoms with Gasteiger partial charge in [-0.15, -0.1) is 0 Å². The molecule has 0 aromatic heterocycles. The van der Waals surface area contributed by atoms with E-state index < -0.39 is 12.1 Å². The topological polar surface area (TPSA) is 66.8 Å². The Kier molecular flexibility index (Phi) is 4.87. The summed E-state index contributed by atoms with van der Waals surface area (Å²) >= 11 is 0. The van der Waals surface area contributed by atoms with E-state index in [0.29, 0.717) is 5.69 Å². The Hall–Kier alpha value is -3.86. The van der Waals surface area contributed by atoms with Crippen LogP contribution < -0.4 is 4.90 Å². The van der Waals surface area contributed by atoms with Crippen LogP contribution in [-0.2, 0) is 9.53 Å². The van der Waals surface area contributed by atoms with Crippen LogP contribution in [0.1, 0.15) is 22.7 Å². The third kappa shape index (κ3) is 3.38. The Morgan fingerprint density at radius 2 is 1.45 bits per heavy atom. The zero-order chi connectivity index (χ0) is 20.4. The third-order valence-corrected chi connectivity index (χ3v) is 5.02. The number of rotatable bonds is 4. The molecule has 0 atom stereocenters. The van der Waals surface area contributed by atoms with Crippen LogP contribution >= 0.6 is 0 Å². The minimum atomic E-state index is -1.01. The van der Waals surface area contributed by atoms with Gasteiger partial charge in [-0.05, 0) is 46.0 Å². The van der Waals surface area contributed by atoms with Gasteiger partial charge in [-0.3, -0.25) is 4.90 Å². The fraction of sp³-hybridized carbons (Fsp3) is 0.0833. The fourth-order valence-corrected chi connectivity index (χ4v) is 3.78. The van der Waals surface area contributed by atoms with Gasteiger partial charge in [-0.2, -0.15) is 0 Å². The highest BCUT2D eigenvalue weighted by Gasteiger charge is 2.36.